The minimum absolute atomic E-state index is 0.114. The van der Waals surface area contributed by atoms with Crippen LogP contribution in [0, 0.1) is 0 Å². The molecule has 0 saturated heterocycles. The van der Waals surface area contributed by atoms with Gasteiger partial charge >= 0.3 is 0 Å². The first kappa shape index (κ1) is 21.0. The van der Waals surface area contributed by atoms with Crippen molar-refractivity contribution in [1.82, 2.24) is 5.32 Å². The maximum absolute atomic E-state index is 12.8. The van der Waals surface area contributed by atoms with Gasteiger partial charge in [0.05, 0.1) is 23.6 Å². The van der Waals surface area contributed by atoms with Crippen LogP contribution in [0.15, 0.2) is 64.0 Å². The number of thioether (sulfide) groups is 1. The Hall–Kier alpha value is -2.77. The fourth-order valence-corrected chi connectivity index (χ4v) is 3.42. The number of aliphatic hydroxyl groups excluding tert-OH is 1. The van der Waals surface area contributed by atoms with Gasteiger partial charge in [-0.1, -0.05) is 30.3 Å². The number of fused-ring (bicyclic) bond motifs is 1. The number of benzene rings is 2. The van der Waals surface area contributed by atoms with Gasteiger partial charge in [-0.3, -0.25) is 9.59 Å². The Morgan fingerprint density at radius 3 is 2.76 bits per heavy atom. The standard InChI is InChI=1S/C22H23NO5S/c1-29-10-9-16(12-24)23-21(25)14-27-17-7-8-18-20(11-17)28-13-19(22(18)26)15-5-3-2-4-6-15/h2-8,11,13,16,24H,9-10,12,14H2,1H3,(H,23,25). The van der Waals surface area contributed by atoms with Gasteiger partial charge in [0.2, 0.25) is 0 Å². The molecule has 7 heteroatoms. The summed E-state index contributed by atoms with van der Waals surface area (Å²) in [6.07, 6.45) is 4.10. The molecule has 1 heterocycles. The van der Waals surface area contributed by atoms with Crippen molar-refractivity contribution in [3.63, 3.8) is 0 Å². The summed E-state index contributed by atoms with van der Waals surface area (Å²) in [5.41, 5.74) is 1.55. The Morgan fingerprint density at radius 2 is 2.03 bits per heavy atom. The highest BCUT2D eigenvalue weighted by atomic mass is 32.2. The van der Waals surface area contributed by atoms with E-state index in [4.69, 9.17) is 9.15 Å². The predicted molar refractivity (Wildman–Crippen MR) is 115 cm³/mol. The Morgan fingerprint density at radius 1 is 1.24 bits per heavy atom. The van der Waals surface area contributed by atoms with E-state index in [1.165, 1.54) is 6.26 Å². The van der Waals surface area contributed by atoms with Crippen LogP contribution in [0.4, 0.5) is 0 Å². The van der Waals surface area contributed by atoms with Crippen LogP contribution in [0.3, 0.4) is 0 Å². The van der Waals surface area contributed by atoms with Crippen molar-refractivity contribution in [2.24, 2.45) is 0 Å². The molecule has 0 saturated carbocycles. The van der Waals surface area contributed by atoms with Gasteiger partial charge in [-0.15, -0.1) is 0 Å². The van der Waals surface area contributed by atoms with E-state index < -0.39 is 0 Å². The zero-order valence-corrected chi connectivity index (χ0v) is 16.9. The second kappa shape index (κ2) is 10.1. The number of carbonyl (C=O) groups is 1. The number of carbonyl (C=O) groups excluding carboxylic acids is 1. The molecule has 0 radical (unpaired) electrons. The van der Waals surface area contributed by atoms with Crippen LogP contribution < -0.4 is 15.5 Å². The maximum Gasteiger partial charge on any atom is 0.258 e. The average molecular weight is 413 g/mol. The Kier molecular flexibility index (Phi) is 7.32. The summed E-state index contributed by atoms with van der Waals surface area (Å²) in [5, 5.41) is 12.5. The van der Waals surface area contributed by atoms with Crippen LogP contribution in [-0.4, -0.2) is 42.3 Å². The fourth-order valence-electron chi connectivity index (χ4n) is 2.90. The number of rotatable bonds is 9. The first-order valence-corrected chi connectivity index (χ1v) is 10.6. The summed E-state index contributed by atoms with van der Waals surface area (Å²) in [4.78, 5) is 24.8. The molecule has 0 aliphatic carbocycles. The average Bonchev–Trinajstić information content (AvgIpc) is 2.76. The highest BCUT2D eigenvalue weighted by molar-refractivity contribution is 7.98. The zero-order valence-electron chi connectivity index (χ0n) is 16.1. The lowest BCUT2D eigenvalue weighted by atomic mass is 10.1. The second-order valence-electron chi connectivity index (χ2n) is 6.52. The molecule has 1 amide bonds. The van der Waals surface area contributed by atoms with E-state index in [0.29, 0.717) is 28.7 Å². The van der Waals surface area contributed by atoms with E-state index in [1.807, 2.05) is 36.6 Å². The molecule has 3 aromatic rings. The molecular formula is C22H23NO5S. The molecule has 0 fully saturated rings. The molecule has 1 unspecified atom stereocenters. The number of nitrogens with one attached hydrogen (secondary N) is 1. The highest BCUT2D eigenvalue weighted by Crippen LogP contribution is 2.23. The Bertz CT molecular complexity index is 1020. The number of hydrogen-bond donors (Lipinski definition) is 2. The van der Waals surface area contributed by atoms with E-state index in [9.17, 15) is 14.7 Å². The molecule has 0 aliphatic heterocycles. The smallest absolute Gasteiger partial charge is 0.258 e. The molecule has 1 atom stereocenters. The van der Waals surface area contributed by atoms with Crippen LogP contribution >= 0.6 is 11.8 Å². The van der Waals surface area contributed by atoms with Crippen molar-refractivity contribution in [3.8, 4) is 16.9 Å². The van der Waals surface area contributed by atoms with Gasteiger partial charge in [-0.2, -0.15) is 11.8 Å². The highest BCUT2D eigenvalue weighted by Gasteiger charge is 2.13. The number of aliphatic hydroxyl groups is 1. The van der Waals surface area contributed by atoms with Gasteiger partial charge in [0.15, 0.2) is 12.0 Å². The van der Waals surface area contributed by atoms with Gasteiger partial charge in [0, 0.05) is 6.07 Å². The largest absolute Gasteiger partial charge is 0.484 e. The number of ether oxygens (including phenoxy) is 1. The van der Waals surface area contributed by atoms with Crippen molar-refractivity contribution in [3.05, 3.63) is 65.0 Å². The monoisotopic (exact) mass is 413 g/mol. The van der Waals surface area contributed by atoms with Crippen molar-refractivity contribution >= 4 is 28.6 Å². The van der Waals surface area contributed by atoms with Gasteiger partial charge in [-0.25, -0.2) is 0 Å². The maximum atomic E-state index is 12.8. The number of amides is 1. The van der Waals surface area contributed by atoms with Gasteiger partial charge in [-0.05, 0) is 36.1 Å². The minimum Gasteiger partial charge on any atom is -0.484 e. The SMILES string of the molecule is CSCCC(CO)NC(=O)COc1ccc2c(=O)c(-c3ccccc3)coc2c1. The molecule has 2 aromatic carbocycles. The third-order valence-electron chi connectivity index (χ3n) is 4.46. The molecule has 3 rings (SSSR count). The molecule has 0 aliphatic rings. The van der Waals surface area contributed by atoms with Crippen molar-refractivity contribution < 1.29 is 19.1 Å². The van der Waals surface area contributed by atoms with Crippen molar-refractivity contribution in [2.45, 2.75) is 12.5 Å². The van der Waals surface area contributed by atoms with Gasteiger partial charge in [0.1, 0.15) is 17.6 Å². The summed E-state index contributed by atoms with van der Waals surface area (Å²) in [7, 11) is 0. The molecular weight excluding hydrogens is 390 g/mol. The Balaban J connectivity index is 1.69. The van der Waals surface area contributed by atoms with E-state index in [0.717, 1.165) is 11.3 Å². The summed E-state index contributed by atoms with van der Waals surface area (Å²) >= 11 is 1.65. The first-order chi connectivity index (χ1) is 14.1. The van der Waals surface area contributed by atoms with Crippen LogP contribution in [0.25, 0.3) is 22.1 Å². The molecule has 152 valence electrons. The topological polar surface area (TPSA) is 88.8 Å². The van der Waals surface area contributed by atoms with E-state index >= 15 is 0 Å². The lowest BCUT2D eigenvalue weighted by molar-refractivity contribution is -0.124. The summed E-state index contributed by atoms with van der Waals surface area (Å²) in [6, 6.07) is 13.9. The molecule has 0 spiro atoms. The third kappa shape index (κ3) is 5.40. The summed E-state index contributed by atoms with van der Waals surface area (Å²) < 4.78 is 11.2. The quantitative estimate of drug-likeness (QED) is 0.561. The van der Waals surface area contributed by atoms with Crippen LogP contribution in [0.5, 0.6) is 5.75 Å². The normalized spacial score (nSPS) is 11.9. The molecule has 6 nitrogen and oxygen atoms in total. The third-order valence-corrected chi connectivity index (χ3v) is 5.10. The molecule has 0 bridgehead atoms. The van der Waals surface area contributed by atoms with Crippen LogP contribution in [0.2, 0.25) is 0 Å². The summed E-state index contributed by atoms with van der Waals surface area (Å²) in [6.45, 7) is -0.301. The van der Waals surface area contributed by atoms with Crippen molar-refractivity contribution in [2.75, 3.05) is 25.2 Å². The van der Waals surface area contributed by atoms with Gasteiger partial charge < -0.3 is 19.6 Å². The summed E-state index contributed by atoms with van der Waals surface area (Å²) in [5.74, 6) is 0.958. The fraction of sp³-hybridized carbons (Fsp3) is 0.273. The molecule has 1 aromatic heterocycles. The zero-order chi connectivity index (χ0) is 20.6. The van der Waals surface area contributed by atoms with Crippen LogP contribution in [-0.2, 0) is 4.79 Å². The number of hydrogen-bond acceptors (Lipinski definition) is 6. The van der Waals surface area contributed by atoms with E-state index in [-0.39, 0.29) is 30.6 Å². The van der Waals surface area contributed by atoms with E-state index in [2.05, 4.69) is 5.32 Å². The Labute approximate surface area is 172 Å². The van der Waals surface area contributed by atoms with Gasteiger partial charge in [0.25, 0.3) is 5.91 Å². The first-order valence-electron chi connectivity index (χ1n) is 9.25. The van der Waals surface area contributed by atoms with Crippen LogP contribution in [0.1, 0.15) is 6.42 Å². The molecule has 29 heavy (non-hydrogen) atoms. The van der Waals surface area contributed by atoms with Crippen molar-refractivity contribution in [1.29, 1.82) is 0 Å². The minimum atomic E-state index is -0.314. The lowest BCUT2D eigenvalue weighted by Gasteiger charge is -2.16. The van der Waals surface area contributed by atoms with E-state index in [1.54, 1.807) is 30.0 Å². The second-order valence-corrected chi connectivity index (χ2v) is 7.51. The molecule has 2 N–H and O–H groups in total. The lowest BCUT2D eigenvalue weighted by Crippen LogP contribution is -2.40. The predicted octanol–water partition coefficient (Wildman–Crippen LogP) is 3.07.